The highest BCUT2D eigenvalue weighted by molar-refractivity contribution is 7.89. The van der Waals surface area contributed by atoms with Crippen LogP contribution in [0.4, 0.5) is 5.69 Å². The molecular formula is C22H24N2O5S. The smallest absolute Gasteiger partial charge is 0.241 e. The molecule has 0 fully saturated rings. The van der Waals surface area contributed by atoms with Crippen molar-refractivity contribution in [3.05, 3.63) is 78.1 Å². The van der Waals surface area contributed by atoms with Crippen molar-refractivity contribution in [2.24, 2.45) is 5.14 Å². The van der Waals surface area contributed by atoms with Crippen LogP contribution in [0.15, 0.2) is 77.4 Å². The predicted octanol–water partition coefficient (Wildman–Crippen LogP) is 3.14. The molecule has 7 nitrogen and oxygen atoms in total. The molecule has 0 saturated carbocycles. The molecule has 1 unspecified atom stereocenters. The van der Waals surface area contributed by atoms with Gasteiger partial charge in [0.2, 0.25) is 15.9 Å². The van der Waals surface area contributed by atoms with E-state index >= 15 is 0 Å². The number of ether oxygens (including phenoxy) is 2. The maximum atomic E-state index is 12.3. The lowest BCUT2D eigenvalue weighted by Gasteiger charge is -2.33. The van der Waals surface area contributed by atoms with Gasteiger partial charge >= 0.3 is 0 Å². The maximum Gasteiger partial charge on any atom is 0.241 e. The summed E-state index contributed by atoms with van der Waals surface area (Å²) in [6.45, 7) is 1.80. The normalized spacial score (nSPS) is 18.4. The van der Waals surface area contributed by atoms with Crippen molar-refractivity contribution >= 4 is 21.6 Å². The van der Waals surface area contributed by atoms with Gasteiger partial charge in [-0.15, -0.1) is 0 Å². The van der Waals surface area contributed by atoms with Crippen LogP contribution in [0.25, 0.3) is 0 Å². The van der Waals surface area contributed by atoms with Gasteiger partial charge in [0.05, 0.1) is 13.5 Å². The van der Waals surface area contributed by atoms with Crippen molar-refractivity contribution in [3.8, 4) is 5.75 Å². The Morgan fingerprint density at radius 3 is 2.60 bits per heavy atom. The van der Waals surface area contributed by atoms with Crippen molar-refractivity contribution in [2.75, 3.05) is 12.4 Å². The van der Waals surface area contributed by atoms with Crippen LogP contribution < -0.4 is 15.2 Å². The molecule has 0 heterocycles. The monoisotopic (exact) mass is 428 g/mol. The minimum Gasteiger partial charge on any atom is -0.497 e. The first-order chi connectivity index (χ1) is 14.2. The summed E-state index contributed by atoms with van der Waals surface area (Å²) in [7, 11) is -2.58. The first-order valence-electron chi connectivity index (χ1n) is 9.32. The molecule has 0 aliphatic heterocycles. The Kier molecular flexibility index (Phi) is 6.28. The second kappa shape index (κ2) is 8.73. The first kappa shape index (κ1) is 21.6. The largest absolute Gasteiger partial charge is 0.497 e. The van der Waals surface area contributed by atoms with Crippen LogP contribution in [0.5, 0.6) is 5.75 Å². The van der Waals surface area contributed by atoms with E-state index in [0.717, 1.165) is 5.56 Å². The standard InChI is InChI=1S/C22H24N2O5S/c1-22(13-7-6-10-20(22)28-2)29-18-12-11-17(15-19(18)30(23,26)27)24-21(25)14-16-8-4-3-5-9-16/h3-12,15H,13-14H2,1-2H3,(H,24,25)(H2,23,26,27). The lowest BCUT2D eigenvalue weighted by Crippen LogP contribution is -2.36. The Labute approximate surface area is 176 Å². The second-order valence-corrected chi connectivity index (χ2v) is 8.65. The molecule has 1 amide bonds. The molecule has 2 aromatic carbocycles. The lowest BCUT2D eigenvalue weighted by molar-refractivity contribution is -0.115. The minimum absolute atomic E-state index is 0.0827. The Morgan fingerprint density at radius 2 is 1.93 bits per heavy atom. The molecule has 1 aliphatic rings. The van der Waals surface area contributed by atoms with E-state index in [1.54, 1.807) is 19.1 Å². The highest BCUT2D eigenvalue weighted by atomic mass is 32.2. The average molecular weight is 429 g/mol. The first-order valence-corrected chi connectivity index (χ1v) is 10.9. The molecule has 2 aromatic rings. The number of benzene rings is 2. The molecule has 3 rings (SSSR count). The molecule has 0 spiro atoms. The molecule has 30 heavy (non-hydrogen) atoms. The number of amides is 1. The molecular weight excluding hydrogens is 404 g/mol. The molecule has 0 saturated heterocycles. The molecule has 8 heteroatoms. The van der Waals surface area contributed by atoms with Gasteiger partial charge in [0.1, 0.15) is 16.4 Å². The number of carbonyl (C=O) groups excluding carboxylic acids is 1. The molecule has 0 bridgehead atoms. The number of nitrogens with two attached hydrogens (primary N) is 1. The van der Waals surface area contributed by atoms with Gasteiger partial charge in [0.25, 0.3) is 0 Å². The summed E-state index contributed by atoms with van der Waals surface area (Å²) in [5.41, 5.74) is 0.267. The highest BCUT2D eigenvalue weighted by Gasteiger charge is 2.34. The van der Waals surface area contributed by atoms with E-state index in [1.807, 2.05) is 42.5 Å². The number of allylic oxidation sites excluding steroid dienone is 2. The summed E-state index contributed by atoms with van der Waals surface area (Å²) in [5, 5.41) is 8.12. The van der Waals surface area contributed by atoms with Gasteiger partial charge in [-0.3, -0.25) is 4.79 Å². The van der Waals surface area contributed by atoms with E-state index in [4.69, 9.17) is 14.6 Å². The Balaban J connectivity index is 1.85. The van der Waals surface area contributed by atoms with E-state index in [-0.39, 0.29) is 23.0 Å². The predicted molar refractivity (Wildman–Crippen MR) is 114 cm³/mol. The zero-order chi connectivity index (χ0) is 21.8. The molecule has 3 N–H and O–H groups in total. The van der Waals surface area contributed by atoms with Gasteiger partial charge in [-0.2, -0.15) is 0 Å². The van der Waals surface area contributed by atoms with E-state index in [9.17, 15) is 13.2 Å². The van der Waals surface area contributed by atoms with Crippen LogP contribution in [0.1, 0.15) is 18.9 Å². The fourth-order valence-corrected chi connectivity index (χ4v) is 3.90. The summed E-state index contributed by atoms with van der Waals surface area (Å²) in [6.07, 6.45) is 6.16. The zero-order valence-corrected chi connectivity index (χ0v) is 17.6. The topological polar surface area (TPSA) is 108 Å². The third-order valence-corrected chi connectivity index (χ3v) is 5.64. The number of carbonyl (C=O) groups is 1. The van der Waals surface area contributed by atoms with Crippen molar-refractivity contribution in [1.82, 2.24) is 0 Å². The van der Waals surface area contributed by atoms with Gasteiger partial charge in [0.15, 0.2) is 5.60 Å². The summed E-state index contributed by atoms with van der Waals surface area (Å²) in [4.78, 5) is 12.1. The molecule has 0 radical (unpaired) electrons. The van der Waals surface area contributed by atoms with E-state index < -0.39 is 15.6 Å². The maximum absolute atomic E-state index is 12.3. The van der Waals surface area contributed by atoms with Gasteiger partial charge in [0, 0.05) is 12.1 Å². The fraction of sp³-hybridized carbons (Fsp3) is 0.227. The summed E-state index contributed by atoms with van der Waals surface area (Å²) >= 11 is 0. The third-order valence-electron chi connectivity index (χ3n) is 4.71. The summed E-state index contributed by atoms with van der Waals surface area (Å²) in [6, 6.07) is 13.6. The Hall–Kier alpha value is -3.10. The van der Waals surface area contributed by atoms with Crippen LogP contribution in [-0.2, 0) is 26.0 Å². The van der Waals surface area contributed by atoms with Crippen LogP contribution in [0, 0.1) is 0 Å². The Morgan fingerprint density at radius 1 is 1.20 bits per heavy atom. The molecule has 1 aliphatic carbocycles. The number of nitrogens with one attached hydrogen (secondary N) is 1. The number of methoxy groups -OCH3 is 1. The Bertz CT molecular complexity index is 1090. The van der Waals surface area contributed by atoms with E-state index in [1.165, 1.54) is 19.2 Å². The third kappa shape index (κ3) is 5.08. The molecule has 1 atom stereocenters. The number of primary sulfonamides is 1. The lowest BCUT2D eigenvalue weighted by atomic mass is 9.95. The molecule has 0 aromatic heterocycles. The fourth-order valence-electron chi connectivity index (χ4n) is 3.22. The van der Waals surface area contributed by atoms with Crippen LogP contribution in [0.3, 0.4) is 0 Å². The summed E-state index contributed by atoms with van der Waals surface area (Å²) < 4.78 is 35.8. The second-order valence-electron chi connectivity index (χ2n) is 7.12. The number of hydrogen-bond acceptors (Lipinski definition) is 5. The van der Waals surface area contributed by atoms with Crippen LogP contribution in [-0.4, -0.2) is 27.0 Å². The average Bonchev–Trinajstić information content (AvgIpc) is 2.69. The number of anilines is 1. The van der Waals surface area contributed by atoms with Crippen LogP contribution in [0.2, 0.25) is 0 Å². The SMILES string of the molecule is COC1=CC=CCC1(C)Oc1ccc(NC(=O)Cc2ccccc2)cc1S(N)(=O)=O. The van der Waals surface area contributed by atoms with Crippen LogP contribution >= 0.6 is 0 Å². The molecule has 158 valence electrons. The van der Waals surface area contributed by atoms with Crippen molar-refractivity contribution in [3.63, 3.8) is 0 Å². The number of sulfonamides is 1. The van der Waals surface area contributed by atoms with Crippen molar-refractivity contribution in [2.45, 2.75) is 30.3 Å². The number of rotatable bonds is 7. The zero-order valence-electron chi connectivity index (χ0n) is 16.8. The van der Waals surface area contributed by atoms with Gasteiger partial charge in [-0.25, -0.2) is 13.6 Å². The van der Waals surface area contributed by atoms with Crippen molar-refractivity contribution in [1.29, 1.82) is 0 Å². The van der Waals surface area contributed by atoms with E-state index in [0.29, 0.717) is 17.9 Å². The van der Waals surface area contributed by atoms with Gasteiger partial charge in [-0.1, -0.05) is 42.5 Å². The quantitative estimate of drug-likeness (QED) is 0.704. The van der Waals surface area contributed by atoms with E-state index in [2.05, 4.69) is 5.32 Å². The van der Waals surface area contributed by atoms with Crippen molar-refractivity contribution < 1.29 is 22.7 Å². The van der Waals surface area contributed by atoms with Gasteiger partial charge < -0.3 is 14.8 Å². The number of hydrogen-bond donors (Lipinski definition) is 2. The summed E-state index contributed by atoms with van der Waals surface area (Å²) in [5.74, 6) is 0.370. The van der Waals surface area contributed by atoms with Gasteiger partial charge in [-0.05, 0) is 36.8 Å². The minimum atomic E-state index is -4.11. The highest BCUT2D eigenvalue weighted by Crippen LogP contribution is 2.35.